The third-order valence-electron chi connectivity index (χ3n) is 4.08. The topological polar surface area (TPSA) is 89.4 Å². The van der Waals surface area contributed by atoms with Crippen LogP contribution in [0.15, 0.2) is 11.6 Å². The highest BCUT2D eigenvalue weighted by molar-refractivity contribution is 7.09. The number of hydrogen-bond donors (Lipinski definition) is 1. The minimum absolute atomic E-state index is 0.256. The molecule has 0 bridgehead atoms. The molecule has 0 radical (unpaired) electrons. The van der Waals surface area contributed by atoms with E-state index in [0.29, 0.717) is 30.8 Å². The monoisotopic (exact) mass is 407 g/mol. The summed E-state index contributed by atoms with van der Waals surface area (Å²) in [5.41, 5.74) is 1.08. The Morgan fingerprint density at radius 3 is 2.57 bits per heavy atom. The van der Waals surface area contributed by atoms with Gasteiger partial charge in [0.25, 0.3) is 5.91 Å². The number of aryl methyl sites for hydroxylation is 2. The summed E-state index contributed by atoms with van der Waals surface area (Å²) in [6.07, 6.45) is 1.73. The Morgan fingerprint density at radius 1 is 1.32 bits per heavy atom. The van der Waals surface area contributed by atoms with Gasteiger partial charge in [-0.15, -0.1) is 11.3 Å². The first-order chi connectivity index (χ1) is 13.1. The van der Waals surface area contributed by atoms with Crippen LogP contribution in [0.25, 0.3) is 0 Å². The van der Waals surface area contributed by atoms with Gasteiger partial charge in [0.05, 0.1) is 11.3 Å². The molecular formula is C19H29N5O3S. The summed E-state index contributed by atoms with van der Waals surface area (Å²) in [6.45, 7) is 10.5. The molecule has 8 nitrogen and oxygen atoms in total. The van der Waals surface area contributed by atoms with E-state index < -0.39 is 11.7 Å². The maximum atomic E-state index is 13.1. The van der Waals surface area contributed by atoms with Crippen LogP contribution in [0.2, 0.25) is 0 Å². The third kappa shape index (κ3) is 5.87. The maximum Gasteiger partial charge on any atom is 0.417 e. The first-order valence-electron chi connectivity index (χ1n) is 9.24. The summed E-state index contributed by atoms with van der Waals surface area (Å²) < 4.78 is 7.10. The molecular weight excluding hydrogens is 378 g/mol. The Kier molecular flexibility index (Phi) is 7.31. The molecule has 154 valence electrons. The second kappa shape index (κ2) is 9.29. The molecule has 0 aliphatic rings. The number of nitrogens with one attached hydrogen (secondary N) is 1. The van der Waals surface area contributed by atoms with Crippen LogP contribution in [-0.4, -0.2) is 50.4 Å². The molecule has 2 rings (SSSR count). The van der Waals surface area contributed by atoms with Crippen molar-refractivity contribution in [1.29, 1.82) is 0 Å². The molecule has 9 heteroatoms. The van der Waals surface area contributed by atoms with E-state index in [1.807, 2.05) is 12.3 Å². The summed E-state index contributed by atoms with van der Waals surface area (Å²) in [4.78, 5) is 31.2. The molecule has 2 aromatic heterocycles. The maximum absolute atomic E-state index is 13.1. The Bertz CT molecular complexity index is 808. The fourth-order valence-corrected chi connectivity index (χ4v) is 3.29. The van der Waals surface area contributed by atoms with Crippen molar-refractivity contribution < 1.29 is 14.3 Å². The molecule has 0 saturated heterocycles. The van der Waals surface area contributed by atoms with Crippen molar-refractivity contribution in [2.24, 2.45) is 7.05 Å². The van der Waals surface area contributed by atoms with Gasteiger partial charge in [0.1, 0.15) is 10.6 Å². The molecule has 0 unspecified atom stereocenters. The molecule has 2 aromatic rings. The van der Waals surface area contributed by atoms with Gasteiger partial charge in [-0.05, 0) is 47.6 Å². The Labute approximate surface area is 169 Å². The summed E-state index contributed by atoms with van der Waals surface area (Å²) in [5, 5.41) is 10.5. The van der Waals surface area contributed by atoms with E-state index in [1.54, 1.807) is 57.0 Å². The van der Waals surface area contributed by atoms with E-state index in [4.69, 9.17) is 4.74 Å². The van der Waals surface area contributed by atoms with Crippen molar-refractivity contribution in [3.63, 3.8) is 0 Å². The van der Waals surface area contributed by atoms with Crippen LogP contribution in [0.5, 0.6) is 0 Å². The SMILES string of the molecule is Cc1nn(C)c(C)c1C(=O)N(CCCNCc1nccs1)C(=O)OC(C)(C)C. The standard InChI is InChI=1S/C19H29N5O3S/c1-13-16(14(2)23(6)22-13)17(25)24(18(26)27-19(3,4)5)10-7-8-20-12-15-21-9-11-28-15/h9,11,20H,7-8,10,12H2,1-6H3. The molecule has 2 amide bonds. The number of imide groups is 1. The van der Waals surface area contributed by atoms with Crippen molar-refractivity contribution in [1.82, 2.24) is 25.0 Å². The number of ether oxygens (including phenoxy) is 1. The van der Waals surface area contributed by atoms with Crippen molar-refractivity contribution in [2.75, 3.05) is 13.1 Å². The average Bonchev–Trinajstić information content (AvgIpc) is 3.17. The lowest BCUT2D eigenvalue weighted by atomic mass is 10.1. The highest BCUT2D eigenvalue weighted by atomic mass is 32.1. The van der Waals surface area contributed by atoms with Gasteiger partial charge in [0, 0.05) is 37.4 Å². The average molecular weight is 408 g/mol. The second-order valence-corrected chi connectivity index (χ2v) is 8.54. The predicted molar refractivity (Wildman–Crippen MR) is 108 cm³/mol. The molecule has 0 spiro atoms. The zero-order valence-electron chi connectivity index (χ0n) is 17.4. The normalized spacial score (nSPS) is 11.5. The Balaban J connectivity index is 2.05. The van der Waals surface area contributed by atoms with E-state index in [9.17, 15) is 9.59 Å². The van der Waals surface area contributed by atoms with Crippen LogP contribution >= 0.6 is 11.3 Å². The lowest BCUT2D eigenvalue weighted by Crippen LogP contribution is -2.42. The molecule has 0 aliphatic carbocycles. The second-order valence-electron chi connectivity index (χ2n) is 7.56. The number of carbonyl (C=O) groups is 2. The van der Waals surface area contributed by atoms with E-state index in [2.05, 4.69) is 15.4 Å². The molecule has 0 fully saturated rings. The minimum atomic E-state index is -0.683. The van der Waals surface area contributed by atoms with Crippen LogP contribution in [0.1, 0.15) is 53.9 Å². The molecule has 2 heterocycles. The summed E-state index contributed by atoms with van der Waals surface area (Å²) >= 11 is 1.58. The first-order valence-corrected chi connectivity index (χ1v) is 10.1. The van der Waals surface area contributed by atoms with Crippen LogP contribution < -0.4 is 5.32 Å². The molecule has 0 saturated carbocycles. The fraction of sp³-hybridized carbons (Fsp3) is 0.579. The summed E-state index contributed by atoms with van der Waals surface area (Å²) in [6, 6.07) is 0. The lowest BCUT2D eigenvalue weighted by Gasteiger charge is -2.26. The van der Waals surface area contributed by atoms with Gasteiger partial charge in [-0.1, -0.05) is 0 Å². The van der Waals surface area contributed by atoms with Gasteiger partial charge in [0.15, 0.2) is 0 Å². The van der Waals surface area contributed by atoms with Crippen LogP contribution in [0, 0.1) is 13.8 Å². The number of nitrogens with zero attached hydrogens (tertiary/aromatic N) is 4. The van der Waals surface area contributed by atoms with Crippen molar-refractivity contribution in [3.8, 4) is 0 Å². The van der Waals surface area contributed by atoms with E-state index >= 15 is 0 Å². The van der Waals surface area contributed by atoms with Gasteiger partial charge >= 0.3 is 6.09 Å². The number of aromatic nitrogens is 3. The molecule has 1 N–H and O–H groups in total. The highest BCUT2D eigenvalue weighted by Crippen LogP contribution is 2.18. The van der Waals surface area contributed by atoms with Crippen molar-refractivity contribution >= 4 is 23.3 Å². The smallest absolute Gasteiger partial charge is 0.417 e. The van der Waals surface area contributed by atoms with E-state index in [1.165, 1.54) is 4.90 Å². The zero-order chi connectivity index (χ0) is 20.9. The van der Waals surface area contributed by atoms with Crippen LogP contribution in [-0.2, 0) is 18.3 Å². The van der Waals surface area contributed by atoms with E-state index in [-0.39, 0.29) is 12.5 Å². The number of carbonyl (C=O) groups excluding carboxylic acids is 2. The third-order valence-corrected chi connectivity index (χ3v) is 4.86. The van der Waals surface area contributed by atoms with Gasteiger partial charge < -0.3 is 10.1 Å². The van der Waals surface area contributed by atoms with Gasteiger partial charge in [-0.25, -0.2) is 14.7 Å². The number of amides is 2. The lowest BCUT2D eigenvalue weighted by molar-refractivity contribution is 0.0239. The van der Waals surface area contributed by atoms with Gasteiger partial charge in [0.2, 0.25) is 0 Å². The number of rotatable bonds is 7. The predicted octanol–water partition coefficient (Wildman–Crippen LogP) is 3.05. The van der Waals surface area contributed by atoms with Crippen LogP contribution in [0.4, 0.5) is 4.79 Å². The fourth-order valence-electron chi connectivity index (χ4n) is 2.71. The first kappa shape index (κ1) is 22.0. The van der Waals surface area contributed by atoms with Gasteiger partial charge in [-0.2, -0.15) is 5.10 Å². The van der Waals surface area contributed by atoms with Crippen molar-refractivity contribution in [2.45, 2.75) is 53.2 Å². The molecule has 0 aliphatic heterocycles. The summed E-state index contributed by atoms with van der Waals surface area (Å²) in [7, 11) is 1.78. The molecule has 0 atom stereocenters. The largest absolute Gasteiger partial charge is 0.443 e. The number of hydrogen-bond acceptors (Lipinski definition) is 7. The molecule has 28 heavy (non-hydrogen) atoms. The Hall–Kier alpha value is -2.26. The molecule has 0 aromatic carbocycles. The highest BCUT2D eigenvalue weighted by Gasteiger charge is 2.30. The number of thiazole rings is 1. The zero-order valence-corrected chi connectivity index (χ0v) is 18.2. The Morgan fingerprint density at radius 2 is 2.04 bits per heavy atom. The van der Waals surface area contributed by atoms with Crippen LogP contribution in [0.3, 0.4) is 0 Å². The summed E-state index contributed by atoms with van der Waals surface area (Å²) in [5.74, 6) is -0.378. The minimum Gasteiger partial charge on any atom is -0.443 e. The van der Waals surface area contributed by atoms with Crippen molar-refractivity contribution in [3.05, 3.63) is 33.5 Å². The van der Waals surface area contributed by atoms with Gasteiger partial charge in [-0.3, -0.25) is 9.48 Å². The quantitative estimate of drug-likeness (QED) is 0.710. The van der Waals surface area contributed by atoms with E-state index in [0.717, 1.165) is 10.7 Å².